The van der Waals surface area contributed by atoms with Gasteiger partial charge in [0.05, 0.1) is 11.4 Å². The number of amides is 1. The summed E-state index contributed by atoms with van der Waals surface area (Å²) in [6.45, 7) is 2.54. The number of nitrogens with one attached hydrogen (secondary N) is 1. The molecule has 1 fully saturated rings. The number of anilines is 1. The Morgan fingerprint density at radius 1 is 0.886 bits per heavy atom. The second-order valence-corrected chi connectivity index (χ2v) is 10.4. The third kappa shape index (κ3) is 5.11. The van der Waals surface area contributed by atoms with E-state index < -0.39 is 10.0 Å². The van der Waals surface area contributed by atoms with Gasteiger partial charge in [0.1, 0.15) is 12.7 Å². The average molecular weight is 494 g/mol. The molecule has 1 atom stereocenters. The number of hydrogen-bond acceptors (Lipinski definition) is 6. The summed E-state index contributed by atoms with van der Waals surface area (Å²) in [5.41, 5.74) is 1.37. The fourth-order valence-corrected chi connectivity index (χ4v) is 5.71. The molecule has 2 heterocycles. The molecular formula is C26H27N3O5S. The Kier molecular flexibility index (Phi) is 6.61. The number of piperazine rings is 1. The van der Waals surface area contributed by atoms with E-state index in [9.17, 15) is 13.2 Å². The third-order valence-electron chi connectivity index (χ3n) is 6.15. The molecule has 182 valence electrons. The number of carbonyl (C=O) groups is 1. The summed E-state index contributed by atoms with van der Waals surface area (Å²) in [6, 6.07) is 23.5. The zero-order chi connectivity index (χ0) is 24.3. The summed E-state index contributed by atoms with van der Waals surface area (Å²) in [4.78, 5) is 15.1. The first kappa shape index (κ1) is 23.2. The van der Waals surface area contributed by atoms with Crippen LogP contribution in [0.1, 0.15) is 10.4 Å². The van der Waals surface area contributed by atoms with Crippen molar-refractivity contribution in [3.63, 3.8) is 0 Å². The van der Waals surface area contributed by atoms with Crippen molar-refractivity contribution in [3.05, 3.63) is 84.4 Å². The second kappa shape index (κ2) is 9.97. The van der Waals surface area contributed by atoms with Crippen LogP contribution in [0.4, 0.5) is 5.69 Å². The molecule has 3 aromatic carbocycles. The van der Waals surface area contributed by atoms with E-state index in [2.05, 4.69) is 10.2 Å². The summed E-state index contributed by atoms with van der Waals surface area (Å²) < 4.78 is 39.6. The molecular weight excluding hydrogens is 466 g/mol. The van der Waals surface area contributed by atoms with Gasteiger partial charge < -0.3 is 19.7 Å². The van der Waals surface area contributed by atoms with Crippen LogP contribution in [0, 0.1) is 0 Å². The molecule has 0 spiro atoms. The highest BCUT2D eigenvalue weighted by Gasteiger charge is 2.29. The maximum absolute atomic E-state index is 13.3. The third-order valence-corrected chi connectivity index (χ3v) is 8.05. The highest BCUT2D eigenvalue weighted by molar-refractivity contribution is 7.89. The summed E-state index contributed by atoms with van der Waals surface area (Å²) in [6.07, 6.45) is -0.332. The number of para-hydroxylation sites is 3. The largest absolute Gasteiger partial charge is 0.486 e. The number of ether oxygens (including phenoxy) is 2. The summed E-state index contributed by atoms with van der Waals surface area (Å²) in [5, 5.41) is 2.82. The van der Waals surface area contributed by atoms with Crippen molar-refractivity contribution in [1.29, 1.82) is 0 Å². The molecule has 1 N–H and O–H groups in total. The van der Waals surface area contributed by atoms with Gasteiger partial charge in [-0.3, -0.25) is 4.79 Å². The van der Waals surface area contributed by atoms with Gasteiger partial charge in [0.15, 0.2) is 11.5 Å². The van der Waals surface area contributed by atoms with Crippen LogP contribution >= 0.6 is 0 Å². The first-order chi connectivity index (χ1) is 17.0. The normalized spacial score (nSPS) is 18.2. The molecule has 9 heteroatoms. The lowest BCUT2D eigenvalue weighted by Crippen LogP contribution is -2.48. The molecule has 1 amide bonds. The maximum Gasteiger partial charge on any atom is 0.251 e. The fraction of sp³-hybridized carbons (Fsp3) is 0.269. The Bertz CT molecular complexity index is 1290. The van der Waals surface area contributed by atoms with E-state index in [0.717, 1.165) is 5.69 Å². The summed E-state index contributed by atoms with van der Waals surface area (Å²) in [7, 11) is -3.71. The highest BCUT2D eigenvalue weighted by atomic mass is 32.2. The van der Waals surface area contributed by atoms with Crippen molar-refractivity contribution < 1.29 is 22.7 Å². The predicted molar refractivity (Wildman–Crippen MR) is 133 cm³/mol. The van der Waals surface area contributed by atoms with Gasteiger partial charge >= 0.3 is 0 Å². The van der Waals surface area contributed by atoms with Crippen LogP contribution in [0.5, 0.6) is 11.5 Å². The van der Waals surface area contributed by atoms with Crippen molar-refractivity contribution in [2.24, 2.45) is 0 Å². The van der Waals surface area contributed by atoms with Crippen molar-refractivity contribution in [2.45, 2.75) is 11.0 Å². The van der Waals surface area contributed by atoms with E-state index in [0.29, 0.717) is 44.3 Å². The molecule has 0 saturated carbocycles. The van der Waals surface area contributed by atoms with Gasteiger partial charge in [0.2, 0.25) is 10.0 Å². The first-order valence-corrected chi connectivity index (χ1v) is 13.0. The van der Waals surface area contributed by atoms with Crippen LogP contribution in [-0.4, -0.2) is 64.1 Å². The lowest BCUT2D eigenvalue weighted by Gasteiger charge is -2.35. The molecule has 35 heavy (non-hydrogen) atoms. The molecule has 2 aliphatic heterocycles. The number of benzene rings is 3. The molecule has 0 aromatic heterocycles. The van der Waals surface area contributed by atoms with Crippen molar-refractivity contribution in [2.75, 3.05) is 44.2 Å². The van der Waals surface area contributed by atoms with Crippen molar-refractivity contribution >= 4 is 21.6 Å². The number of rotatable bonds is 6. The Hall–Kier alpha value is -3.56. The smallest absolute Gasteiger partial charge is 0.251 e. The number of nitrogens with zero attached hydrogens (tertiary/aromatic N) is 2. The SMILES string of the molecule is O=C(NC[C@H]1COc2ccccc2O1)c1cccc(S(=O)(=O)N2CCN(c3ccccc3)CC2)c1. The van der Waals surface area contributed by atoms with Gasteiger partial charge in [-0.15, -0.1) is 0 Å². The van der Waals surface area contributed by atoms with Gasteiger partial charge in [0.25, 0.3) is 5.91 Å². The monoisotopic (exact) mass is 493 g/mol. The minimum absolute atomic E-state index is 0.115. The number of fused-ring (bicyclic) bond motifs is 1. The van der Waals surface area contributed by atoms with Gasteiger partial charge in [-0.05, 0) is 42.5 Å². The van der Waals surface area contributed by atoms with Crippen LogP contribution in [0.2, 0.25) is 0 Å². The Labute approximate surface area is 205 Å². The quantitative estimate of drug-likeness (QED) is 0.568. The van der Waals surface area contributed by atoms with E-state index in [4.69, 9.17) is 9.47 Å². The van der Waals surface area contributed by atoms with Gasteiger partial charge in [-0.1, -0.05) is 36.4 Å². The molecule has 0 radical (unpaired) electrons. The zero-order valence-electron chi connectivity index (χ0n) is 19.2. The summed E-state index contributed by atoms with van der Waals surface area (Å²) >= 11 is 0. The lowest BCUT2D eigenvalue weighted by molar-refractivity contribution is 0.0789. The number of sulfonamides is 1. The van der Waals surface area contributed by atoms with Crippen LogP contribution in [0.25, 0.3) is 0 Å². The molecule has 1 saturated heterocycles. The minimum atomic E-state index is -3.71. The highest BCUT2D eigenvalue weighted by Crippen LogP contribution is 2.30. The van der Waals surface area contributed by atoms with Crippen molar-refractivity contribution in [3.8, 4) is 11.5 Å². The van der Waals surface area contributed by atoms with E-state index in [1.807, 2.05) is 54.6 Å². The molecule has 0 bridgehead atoms. The Balaban J connectivity index is 1.20. The molecule has 2 aliphatic rings. The van der Waals surface area contributed by atoms with E-state index >= 15 is 0 Å². The van der Waals surface area contributed by atoms with E-state index in [1.165, 1.54) is 16.4 Å². The maximum atomic E-state index is 13.3. The predicted octanol–water partition coefficient (Wildman–Crippen LogP) is 2.77. The topological polar surface area (TPSA) is 88.2 Å². The van der Waals surface area contributed by atoms with Crippen LogP contribution in [0.15, 0.2) is 83.8 Å². The van der Waals surface area contributed by atoms with Crippen LogP contribution in [0.3, 0.4) is 0 Å². The standard InChI is InChI=1S/C26H27N3O5S/c30-26(27-18-22-19-33-24-11-4-5-12-25(24)34-22)20-7-6-10-23(17-20)35(31,32)29-15-13-28(14-16-29)21-8-2-1-3-9-21/h1-12,17,22H,13-16,18-19H2,(H,27,30)/t22-/m0/s1. The molecule has 0 unspecified atom stereocenters. The number of carbonyl (C=O) groups excluding carboxylic acids is 1. The second-order valence-electron chi connectivity index (χ2n) is 8.46. The van der Waals surface area contributed by atoms with Gasteiger partial charge in [-0.25, -0.2) is 8.42 Å². The molecule has 0 aliphatic carbocycles. The fourth-order valence-electron chi connectivity index (χ4n) is 4.24. The van der Waals surface area contributed by atoms with Crippen LogP contribution in [-0.2, 0) is 10.0 Å². The molecule has 5 rings (SSSR count). The Morgan fingerprint density at radius 2 is 1.60 bits per heavy atom. The average Bonchev–Trinajstić information content (AvgIpc) is 2.92. The summed E-state index contributed by atoms with van der Waals surface area (Å²) in [5.74, 6) is 0.953. The van der Waals surface area contributed by atoms with Crippen molar-refractivity contribution in [1.82, 2.24) is 9.62 Å². The van der Waals surface area contributed by atoms with E-state index in [-0.39, 0.29) is 29.0 Å². The molecule has 3 aromatic rings. The molecule has 8 nitrogen and oxygen atoms in total. The Morgan fingerprint density at radius 3 is 2.37 bits per heavy atom. The minimum Gasteiger partial charge on any atom is -0.486 e. The zero-order valence-corrected chi connectivity index (χ0v) is 20.0. The van der Waals surface area contributed by atoms with Gasteiger partial charge in [-0.2, -0.15) is 4.31 Å². The van der Waals surface area contributed by atoms with Gasteiger partial charge in [0, 0.05) is 37.4 Å². The number of hydrogen-bond donors (Lipinski definition) is 1. The van der Waals surface area contributed by atoms with Crippen LogP contribution < -0.4 is 19.7 Å². The lowest BCUT2D eigenvalue weighted by atomic mass is 10.2. The first-order valence-electron chi connectivity index (χ1n) is 11.6. The van der Waals surface area contributed by atoms with E-state index in [1.54, 1.807) is 12.1 Å².